The van der Waals surface area contributed by atoms with E-state index >= 15 is 0 Å². The van der Waals surface area contributed by atoms with E-state index in [1.165, 1.54) is 0 Å². The highest BCUT2D eigenvalue weighted by atomic mass is 32.2. The Bertz CT molecular complexity index is 599. The predicted octanol–water partition coefficient (Wildman–Crippen LogP) is 3.56. The first kappa shape index (κ1) is 17.1. The van der Waals surface area contributed by atoms with Crippen molar-refractivity contribution in [1.29, 1.82) is 0 Å². The molecule has 24 heavy (non-hydrogen) atoms. The van der Waals surface area contributed by atoms with Gasteiger partial charge in [0, 0.05) is 36.9 Å². The number of anilines is 2. The fourth-order valence-electron chi connectivity index (χ4n) is 3.38. The summed E-state index contributed by atoms with van der Waals surface area (Å²) in [4.78, 5) is 28.0. The molecule has 2 aliphatic rings. The van der Waals surface area contributed by atoms with Crippen molar-refractivity contribution in [2.24, 2.45) is 0 Å². The largest absolute Gasteiger partial charge is 0.325 e. The molecule has 0 spiro atoms. The van der Waals surface area contributed by atoms with Crippen LogP contribution in [-0.4, -0.2) is 47.5 Å². The van der Waals surface area contributed by atoms with E-state index in [0.29, 0.717) is 12.5 Å². The zero-order valence-corrected chi connectivity index (χ0v) is 15.1. The Morgan fingerprint density at radius 1 is 1.21 bits per heavy atom. The number of benzene rings is 1. The second kappa shape index (κ2) is 7.47. The van der Waals surface area contributed by atoms with E-state index < -0.39 is 0 Å². The van der Waals surface area contributed by atoms with Gasteiger partial charge in [0.25, 0.3) is 0 Å². The Labute approximate surface area is 147 Å². The van der Waals surface area contributed by atoms with Crippen molar-refractivity contribution in [2.75, 3.05) is 28.8 Å². The molecule has 5 nitrogen and oxygen atoms in total. The van der Waals surface area contributed by atoms with Gasteiger partial charge in [-0.3, -0.25) is 4.79 Å². The molecule has 2 saturated heterocycles. The molecular formula is C18H25N3O2S. The molecule has 1 aromatic carbocycles. The van der Waals surface area contributed by atoms with Gasteiger partial charge in [0.15, 0.2) is 0 Å². The molecule has 1 N–H and O–H groups in total. The molecule has 6 heteroatoms. The number of amides is 3. The Hall–Kier alpha value is -1.69. The first-order valence-electron chi connectivity index (χ1n) is 8.60. The van der Waals surface area contributed by atoms with E-state index in [9.17, 15) is 9.59 Å². The van der Waals surface area contributed by atoms with E-state index in [1.54, 1.807) is 0 Å². The van der Waals surface area contributed by atoms with Gasteiger partial charge in [-0.05, 0) is 62.0 Å². The van der Waals surface area contributed by atoms with Crippen molar-refractivity contribution < 1.29 is 9.59 Å². The molecule has 0 bridgehead atoms. The van der Waals surface area contributed by atoms with E-state index in [1.807, 2.05) is 52.9 Å². The number of hydrogen-bond donors (Lipinski definition) is 1. The monoisotopic (exact) mass is 347 g/mol. The van der Waals surface area contributed by atoms with E-state index in [4.69, 9.17) is 0 Å². The van der Waals surface area contributed by atoms with Gasteiger partial charge >= 0.3 is 6.03 Å². The zero-order chi connectivity index (χ0) is 17.1. The van der Waals surface area contributed by atoms with Crippen LogP contribution in [0.3, 0.4) is 0 Å². The summed E-state index contributed by atoms with van der Waals surface area (Å²) in [5.74, 6) is 2.42. The Kier molecular flexibility index (Phi) is 5.33. The minimum absolute atomic E-state index is 0.0646. The predicted molar refractivity (Wildman–Crippen MR) is 99.8 cm³/mol. The van der Waals surface area contributed by atoms with Crippen LogP contribution in [0.15, 0.2) is 24.3 Å². The number of rotatable bonds is 3. The van der Waals surface area contributed by atoms with Crippen molar-refractivity contribution in [3.8, 4) is 0 Å². The quantitative estimate of drug-likeness (QED) is 0.909. The maximum absolute atomic E-state index is 12.4. The third kappa shape index (κ3) is 3.69. The molecule has 3 rings (SSSR count). The van der Waals surface area contributed by atoms with Crippen molar-refractivity contribution >= 4 is 35.1 Å². The highest BCUT2D eigenvalue weighted by Crippen LogP contribution is 2.27. The first-order chi connectivity index (χ1) is 11.6. The molecular weight excluding hydrogens is 322 g/mol. The molecule has 3 amide bonds. The number of carbonyl (C=O) groups excluding carboxylic acids is 2. The second-order valence-electron chi connectivity index (χ2n) is 6.58. The average molecular weight is 347 g/mol. The molecule has 1 aromatic rings. The average Bonchev–Trinajstić information content (AvgIpc) is 2.94. The van der Waals surface area contributed by atoms with Gasteiger partial charge in [-0.25, -0.2) is 4.79 Å². The Morgan fingerprint density at radius 2 is 1.88 bits per heavy atom. The number of nitrogens with zero attached hydrogens (tertiary/aromatic N) is 2. The third-order valence-corrected chi connectivity index (χ3v) is 5.99. The minimum atomic E-state index is -0.0646. The van der Waals surface area contributed by atoms with E-state index in [2.05, 4.69) is 12.2 Å². The van der Waals surface area contributed by atoms with Crippen molar-refractivity contribution in [1.82, 2.24) is 4.90 Å². The van der Waals surface area contributed by atoms with Crippen LogP contribution in [0.25, 0.3) is 0 Å². The Morgan fingerprint density at radius 3 is 2.46 bits per heavy atom. The van der Waals surface area contributed by atoms with Crippen molar-refractivity contribution in [3.05, 3.63) is 24.3 Å². The molecule has 0 aliphatic carbocycles. The molecule has 0 radical (unpaired) electrons. The lowest BCUT2D eigenvalue weighted by Gasteiger charge is -2.31. The first-order valence-corrected chi connectivity index (χ1v) is 9.75. The standard InChI is InChI=1S/C18H25N3O2S/c1-13-3-8-17(22)21(13)16-6-4-14(5-7-16)19-18(23)20(2)15-9-11-24-12-10-15/h4-7,13,15H,3,8-12H2,1-2H3,(H,19,23)/t13-/m0/s1. The van der Waals surface area contributed by atoms with Crippen LogP contribution in [0.2, 0.25) is 0 Å². The molecule has 0 aromatic heterocycles. The van der Waals surface area contributed by atoms with Crippen LogP contribution in [0.5, 0.6) is 0 Å². The number of nitrogens with one attached hydrogen (secondary N) is 1. The van der Waals surface area contributed by atoms with Crippen LogP contribution in [0, 0.1) is 0 Å². The lowest BCUT2D eigenvalue weighted by atomic mass is 10.1. The van der Waals surface area contributed by atoms with Crippen LogP contribution in [-0.2, 0) is 4.79 Å². The lowest BCUT2D eigenvalue weighted by Crippen LogP contribution is -2.41. The molecule has 2 aliphatic heterocycles. The maximum Gasteiger partial charge on any atom is 0.321 e. The van der Waals surface area contributed by atoms with Crippen LogP contribution in [0.4, 0.5) is 16.2 Å². The summed E-state index contributed by atoms with van der Waals surface area (Å²) in [6.45, 7) is 2.07. The Balaban J connectivity index is 1.61. The van der Waals surface area contributed by atoms with Gasteiger partial charge in [-0.2, -0.15) is 11.8 Å². The fraction of sp³-hybridized carbons (Fsp3) is 0.556. The summed E-state index contributed by atoms with van der Waals surface area (Å²) in [6.07, 6.45) is 3.64. The molecule has 130 valence electrons. The van der Waals surface area contributed by atoms with Gasteiger partial charge < -0.3 is 15.1 Å². The van der Waals surface area contributed by atoms with Gasteiger partial charge in [0.05, 0.1) is 0 Å². The highest BCUT2D eigenvalue weighted by Gasteiger charge is 2.28. The third-order valence-electron chi connectivity index (χ3n) is 4.94. The summed E-state index contributed by atoms with van der Waals surface area (Å²) in [6, 6.07) is 8.07. The van der Waals surface area contributed by atoms with Crippen molar-refractivity contribution in [3.63, 3.8) is 0 Å². The smallest absolute Gasteiger partial charge is 0.321 e. The summed E-state index contributed by atoms with van der Waals surface area (Å²) in [5.41, 5.74) is 1.67. The number of carbonyl (C=O) groups is 2. The minimum Gasteiger partial charge on any atom is -0.325 e. The molecule has 0 unspecified atom stereocenters. The fourth-order valence-corrected chi connectivity index (χ4v) is 4.46. The molecule has 2 fully saturated rings. The number of urea groups is 1. The summed E-state index contributed by atoms with van der Waals surface area (Å²) >= 11 is 1.96. The van der Waals surface area contributed by atoms with Gasteiger partial charge in [-0.15, -0.1) is 0 Å². The highest BCUT2D eigenvalue weighted by molar-refractivity contribution is 7.99. The second-order valence-corrected chi connectivity index (χ2v) is 7.81. The molecule has 0 saturated carbocycles. The topological polar surface area (TPSA) is 52.7 Å². The van der Waals surface area contributed by atoms with Crippen molar-refractivity contribution in [2.45, 2.75) is 44.7 Å². The lowest BCUT2D eigenvalue weighted by molar-refractivity contribution is -0.117. The summed E-state index contributed by atoms with van der Waals surface area (Å²) in [5, 5.41) is 2.96. The van der Waals surface area contributed by atoms with E-state index in [-0.39, 0.29) is 18.0 Å². The van der Waals surface area contributed by atoms with Crippen LogP contribution < -0.4 is 10.2 Å². The number of hydrogen-bond acceptors (Lipinski definition) is 3. The van der Waals surface area contributed by atoms with Gasteiger partial charge in [-0.1, -0.05) is 0 Å². The number of thioether (sulfide) groups is 1. The van der Waals surface area contributed by atoms with Gasteiger partial charge in [0.2, 0.25) is 5.91 Å². The van der Waals surface area contributed by atoms with Crippen LogP contribution >= 0.6 is 11.8 Å². The SMILES string of the molecule is C[C@H]1CCC(=O)N1c1ccc(NC(=O)N(C)C2CCSCC2)cc1. The summed E-state index contributed by atoms with van der Waals surface area (Å²) < 4.78 is 0. The van der Waals surface area contributed by atoms with Crippen LogP contribution in [0.1, 0.15) is 32.6 Å². The van der Waals surface area contributed by atoms with E-state index in [0.717, 1.165) is 42.1 Å². The normalized spacial score (nSPS) is 21.8. The molecule has 1 atom stereocenters. The molecule has 2 heterocycles. The zero-order valence-electron chi connectivity index (χ0n) is 14.3. The summed E-state index contributed by atoms with van der Waals surface area (Å²) in [7, 11) is 1.87. The maximum atomic E-state index is 12.4. The van der Waals surface area contributed by atoms with Gasteiger partial charge in [0.1, 0.15) is 0 Å².